The molecule has 0 aromatic rings. The molecule has 5 rings (SSSR count). The van der Waals surface area contributed by atoms with Gasteiger partial charge in [0.25, 0.3) is 0 Å². The fourth-order valence-corrected chi connectivity index (χ4v) is 9.23. The number of aliphatic hydroxyl groups is 2. The molecule has 0 unspecified atom stereocenters. The van der Waals surface area contributed by atoms with Crippen molar-refractivity contribution >= 4 is 23.4 Å². The first-order valence-electron chi connectivity index (χ1n) is 15.3. The molecule has 41 heavy (non-hydrogen) atoms. The van der Waals surface area contributed by atoms with Crippen LogP contribution in [0.25, 0.3) is 0 Å². The molecule has 0 bridgehead atoms. The Morgan fingerprint density at radius 2 is 1.83 bits per heavy atom. The number of carbonyl (C=O) groups is 4. The van der Waals surface area contributed by atoms with Gasteiger partial charge in [0.05, 0.1) is 6.10 Å². The van der Waals surface area contributed by atoms with Crippen molar-refractivity contribution in [3.63, 3.8) is 0 Å². The Labute approximate surface area is 241 Å². The minimum atomic E-state index is -2.05. The third kappa shape index (κ3) is 4.62. The zero-order valence-electron chi connectivity index (χ0n) is 24.4. The summed E-state index contributed by atoms with van der Waals surface area (Å²) in [6.07, 6.45) is 8.78. The number of Topliss-reactive ketones (excluding diaryl/α,β-unsaturated/α-hetero) is 1. The second kappa shape index (κ2) is 10.7. The monoisotopic (exact) mass is 573 g/mol. The van der Waals surface area contributed by atoms with Gasteiger partial charge >= 0.3 is 5.97 Å². The van der Waals surface area contributed by atoms with E-state index in [2.05, 4.69) is 5.32 Å². The van der Waals surface area contributed by atoms with Gasteiger partial charge < -0.3 is 20.3 Å². The maximum absolute atomic E-state index is 17.3. The van der Waals surface area contributed by atoms with E-state index in [-0.39, 0.29) is 37.0 Å². The molecule has 5 aliphatic carbocycles. The third-order valence-corrected chi connectivity index (χ3v) is 11.5. The third-order valence-electron chi connectivity index (χ3n) is 11.5. The molecule has 9 heteroatoms. The number of hydrogen-bond donors (Lipinski definition) is 3. The van der Waals surface area contributed by atoms with Gasteiger partial charge in [-0.3, -0.25) is 19.2 Å². The molecule has 0 aliphatic heterocycles. The van der Waals surface area contributed by atoms with Crippen LogP contribution >= 0.6 is 0 Å². The minimum Gasteiger partial charge on any atom is -0.458 e. The molecule has 0 aromatic carbocycles. The molecule has 226 valence electrons. The molecular weight excluding hydrogens is 529 g/mol. The number of hydrogen-bond acceptors (Lipinski definition) is 7. The molecule has 0 radical (unpaired) electrons. The summed E-state index contributed by atoms with van der Waals surface area (Å²) in [4.78, 5) is 50.1. The number of rotatable bonds is 8. The Morgan fingerprint density at radius 1 is 1.12 bits per heavy atom. The van der Waals surface area contributed by atoms with Crippen LogP contribution < -0.4 is 5.32 Å². The first kappa shape index (κ1) is 30.1. The second-order valence-electron chi connectivity index (χ2n) is 13.7. The maximum Gasteiger partial charge on any atom is 0.306 e. The first-order chi connectivity index (χ1) is 19.3. The SMILES string of the molecule is C[C@@H]1C[C@H]2[C@@H]3CCC4=CC(=O)C=C[C@]4(C)[C@@]3(F)[C@@H](O)C[C@]2(C)[C@@]1(O)C(=O)COC(=O)CCCC(=O)NC1CCCC1. The van der Waals surface area contributed by atoms with Crippen LogP contribution in [0.3, 0.4) is 0 Å². The van der Waals surface area contributed by atoms with Crippen molar-refractivity contribution in [1.29, 1.82) is 0 Å². The highest BCUT2D eigenvalue weighted by Gasteiger charge is 2.75. The molecule has 4 saturated carbocycles. The summed E-state index contributed by atoms with van der Waals surface area (Å²) in [7, 11) is 0. The van der Waals surface area contributed by atoms with E-state index in [9.17, 15) is 29.4 Å². The van der Waals surface area contributed by atoms with Crippen LogP contribution in [0.5, 0.6) is 0 Å². The summed E-state index contributed by atoms with van der Waals surface area (Å²) >= 11 is 0. The number of nitrogens with one attached hydrogen (secondary N) is 1. The zero-order chi connectivity index (χ0) is 29.8. The highest BCUT2D eigenvalue weighted by atomic mass is 19.1. The van der Waals surface area contributed by atoms with Gasteiger partial charge in [-0.1, -0.05) is 38.3 Å². The summed E-state index contributed by atoms with van der Waals surface area (Å²) in [6.45, 7) is 4.62. The number of fused-ring (bicyclic) bond motifs is 5. The molecule has 4 fully saturated rings. The quantitative estimate of drug-likeness (QED) is 0.378. The number of ether oxygens (including phenoxy) is 1. The van der Waals surface area contributed by atoms with Crippen LogP contribution in [0, 0.1) is 28.6 Å². The second-order valence-corrected chi connectivity index (χ2v) is 13.7. The Kier molecular flexibility index (Phi) is 7.86. The lowest BCUT2D eigenvalue weighted by molar-refractivity contribution is -0.220. The maximum atomic E-state index is 17.3. The van der Waals surface area contributed by atoms with Gasteiger partial charge in [0.1, 0.15) is 5.60 Å². The Morgan fingerprint density at radius 3 is 2.54 bits per heavy atom. The van der Waals surface area contributed by atoms with Crippen LogP contribution in [-0.4, -0.2) is 63.7 Å². The van der Waals surface area contributed by atoms with Crippen LogP contribution in [0.4, 0.5) is 4.39 Å². The number of carbonyl (C=O) groups excluding carboxylic acids is 4. The van der Waals surface area contributed by atoms with Crippen molar-refractivity contribution in [2.45, 2.75) is 115 Å². The first-order valence-corrected chi connectivity index (χ1v) is 15.3. The molecule has 8 atom stereocenters. The number of halogens is 1. The Bertz CT molecular complexity index is 1180. The van der Waals surface area contributed by atoms with Gasteiger partial charge in [0, 0.05) is 35.6 Å². The number of aliphatic hydroxyl groups excluding tert-OH is 1. The van der Waals surface area contributed by atoms with E-state index in [1.807, 2.05) is 0 Å². The van der Waals surface area contributed by atoms with Crippen LogP contribution in [-0.2, 0) is 23.9 Å². The van der Waals surface area contributed by atoms with E-state index in [0.717, 1.165) is 25.7 Å². The molecule has 1 amide bonds. The largest absolute Gasteiger partial charge is 0.458 e. The predicted octanol–water partition coefficient (Wildman–Crippen LogP) is 3.68. The molecule has 0 saturated heterocycles. The highest BCUT2D eigenvalue weighted by molar-refractivity contribution is 6.01. The van der Waals surface area contributed by atoms with E-state index in [0.29, 0.717) is 31.3 Å². The fraction of sp³-hybridized carbons (Fsp3) is 0.750. The van der Waals surface area contributed by atoms with Crippen molar-refractivity contribution in [3.05, 3.63) is 23.8 Å². The van der Waals surface area contributed by atoms with E-state index in [1.165, 1.54) is 12.2 Å². The standard InChI is InChI=1S/C32H44FNO7/c1-19-15-24-23-12-11-20-16-22(35)13-14-29(20,2)31(23,33)25(36)17-30(24,3)32(19,40)26(37)18-41-28(39)10-6-9-27(38)34-21-7-4-5-8-21/h13-14,16,19,21,23-25,36,40H,4-12,15,17-18H2,1-3H3,(H,34,38)/t19-,23+,24+,25+,29+,30+,31+,32+/m1/s1. The van der Waals surface area contributed by atoms with Crippen molar-refractivity contribution in [2.24, 2.45) is 28.6 Å². The molecule has 0 heterocycles. The lowest BCUT2D eigenvalue weighted by Gasteiger charge is -2.62. The van der Waals surface area contributed by atoms with Crippen molar-refractivity contribution in [3.8, 4) is 0 Å². The molecule has 5 aliphatic rings. The number of alkyl halides is 1. The smallest absolute Gasteiger partial charge is 0.306 e. The van der Waals surface area contributed by atoms with E-state index in [4.69, 9.17) is 4.74 Å². The van der Waals surface area contributed by atoms with Gasteiger partial charge in [-0.25, -0.2) is 4.39 Å². The Hall–Kier alpha value is -2.39. The molecule has 0 aromatic heterocycles. The number of esters is 1. The van der Waals surface area contributed by atoms with E-state index in [1.54, 1.807) is 26.8 Å². The van der Waals surface area contributed by atoms with E-state index < -0.39 is 64.3 Å². The number of ketones is 2. The molecular formula is C32H44FNO7. The molecule has 0 spiro atoms. The highest BCUT2D eigenvalue weighted by Crippen LogP contribution is 2.70. The topological polar surface area (TPSA) is 130 Å². The van der Waals surface area contributed by atoms with Gasteiger partial charge in [-0.2, -0.15) is 0 Å². The average Bonchev–Trinajstić information content (AvgIpc) is 3.49. The lowest BCUT2D eigenvalue weighted by Crippen LogP contribution is -2.69. The fourth-order valence-electron chi connectivity index (χ4n) is 9.23. The van der Waals surface area contributed by atoms with Gasteiger partial charge in [-0.15, -0.1) is 0 Å². The van der Waals surface area contributed by atoms with Gasteiger partial charge in [-0.05, 0) is 75.9 Å². The van der Waals surface area contributed by atoms with Crippen LogP contribution in [0.15, 0.2) is 23.8 Å². The molecule has 3 N–H and O–H groups in total. The zero-order valence-corrected chi connectivity index (χ0v) is 24.4. The number of allylic oxidation sites excluding steroid dienone is 4. The number of amides is 1. The van der Waals surface area contributed by atoms with Gasteiger partial charge in [0.15, 0.2) is 18.1 Å². The summed E-state index contributed by atoms with van der Waals surface area (Å²) < 4.78 is 22.5. The average molecular weight is 574 g/mol. The Balaban J connectivity index is 1.24. The normalized spacial score (nSPS) is 41.7. The summed E-state index contributed by atoms with van der Waals surface area (Å²) in [5.41, 5.74) is -5.56. The van der Waals surface area contributed by atoms with Crippen LogP contribution in [0.2, 0.25) is 0 Å². The summed E-state index contributed by atoms with van der Waals surface area (Å²) in [5.74, 6) is -3.10. The minimum absolute atomic E-state index is 0.0190. The van der Waals surface area contributed by atoms with Crippen LogP contribution in [0.1, 0.15) is 91.4 Å². The summed E-state index contributed by atoms with van der Waals surface area (Å²) in [6, 6.07) is 0.214. The van der Waals surface area contributed by atoms with Crippen molar-refractivity contribution in [1.82, 2.24) is 5.32 Å². The molecule has 8 nitrogen and oxygen atoms in total. The van der Waals surface area contributed by atoms with E-state index >= 15 is 4.39 Å². The summed E-state index contributed by atoms with van der Waals surface area (Å²) in [5, 5.41) is 26.4. The predicted molar refractivity (Wildman–Crippen MR) is 148 cm³/mol. The van der Waals surface area contributed by atoms with Crippen molar-refractivity contribution < 1.29 is 38.5 Å². The van der Waals surface area contributed by atoms with Gasteiger partial charge in [0.2, 0.25) is 11.7 Å². The van der Waals surface area contributed by atoms with Crippen molar-refractivity contribution in [2.75, 3.05) is 6.61 Å². The lowest BCUT2D eigenvalue weighted by atomic mass is 9.44.